The first-order valence-electron chi connectivity index (χ1n) is 15.6. The molecule has 0 atom stereocenters. The Morgan fingerprint density at radius 1 is 0.600 bits per heavy atom. The minimum absolute atomic E-state index is 0.172. The van der Waals surface area contributed by atoms with Gasteiger partial charge in [-0.1, -0.05) is 65.8 Å². The number of nitroso groups, excluding NO2 is 2. The van der Waals surface area contributed by atoms with E-state index >= 15 is 0 Å². The summed E-state index contributed by atoms with van der Waals surface area (Å²) in [5.74, 6) is -0.608. The van der Waals surface area contributed by atoms with Gasteiger partial charge in [-0.2, -0.15) is 0 Å². The Morgan fingerprint density at radius 2 is 0.978 bits per heavy atom. The van der Waals surface area contributed by atoms with Crippen molar-refractivity contribution in [2.24, 2.45) is 10.4 Å². The summed E-state index contributed by atoms with van der Waals surface area (Å²) in [5.41, 5.74) is 5.76. The summed E-state index contributed by atoms with van der Waals surface area (Å²) in [7, 11) is 0. The van der Waals surface area contributed by atoms with Gasteiger partial charge in [-0.15, -0.1) is 9.81 Å². The molecule has 0 aliphatic heterocycles. The molecule has 0 fully saturated rings. The van der Waals surface area contributed by atoms with Crippen molar-refractivity contribution in [3.63, 3.8) is 0 Å². The van der Waals surface area contributed by atoms with Crippen LogP contribution in [-0.4, -0.2) is 51.6 Å². The van der Waals surface area contributed by atoms with Crippen molar-refractivity contribution in [3.05, 3.63) is 67.5 Å². The summed E-state index contributed by atoms with van der Waals surface area (Å²) in [6.07, 6.45) is 2.16. The maximum atomic E-state index is 12.2. The van der Waals surface area contributed by atoms with E-state index in [2.05, 4.69) is 10.4 Å². The van der Waals surface area contributed by atoms with Gasteiger partial charge in [-0.3, -0.25) is 9.59 Å². The van der Waals surface area contributed by atoms with Crippen LogP contribution in [0.2, 0.25) is 0 Å². The lowest BCUT2D eigenvalue weighted by molar-refractivity contribution is -0.145. The summed E-state index contributed by atoms with van der Waals surface area (Å²) in [6, 6.07) is 7.69. The monoisotopic (exact) mass is 626 g/mol. The van der Waals surface area contributed by atoms with E-state index < -0.39 is 0 Å². The standard InChI is InChI=1S/C35H50N2O8/c1-24-20-26(22-28(32(24)36-40)34(3,4)5)10-12-30(38)44-18-16-42-14-9-15-43-17-19-45-31(39)13-11-27-21-25(2)33(37-41)29(23-27)35(6,7)8/h20-23H,9-19H2,1-8H3. The summed E-state index contributed by atoms with van der Waals surface area (Å²) < 4.78 is 21.6. The highest BCUT2D eigenvalue weighted by molar-refractivity contribution is 5.70. The van der Waals surface area contributed by atoms with Crippen molar-refractivity contribution in [3.8, 4) is 0 Å². The number of benzene rings is 2. The largest absolute Gasteiger partial charge is 0.463 e. The molecule has 10 nitrogen and oxygen atoms in total. The predicted molar refractivity (Wildman–Crippen MR) is 175 cm³/mol. The van der Waals surface area contributed by atoms with Gasteiger partial charge in [0.2, 0.25) is 0 Å². The molecule has 0 aliphatic carbocycles. The van der Waals surface area contributed by atoms with Crippen LogP contribution in [0.4, 0.5) is 11.4 Å². The average molecular weight is 627 g/mol. The first-order valence-corrected chi connectivity index (χ1v) is 15.6. The molecule has 45 heavy (non-hydrogen) atoms. The van der Waals surface area contributed by atoms with Crippen LogP contribution in [-0.2, 0) is 52.2 Å². The Bertz CT molecular complexity index is 1210. The van der Waals surface area contributed by atoms with Gasteiger partial charge in [-0.05, 0) is 87.7 Å². The molecule has 0 bridgehead atoms. The summed E-state index contributed by atoms with van der Waals surface area (Å²) in [5, 5.41) is 6.41. The molecule has 10 heteroatoms. The second kappa shape index (κ2) is 17.8. The number of aryl methyl sites for hydroxylation is 4. The fourth-order valence-corrected chi connectivity index (χ4v) is 4.92. The van der Waals surface area contributed by atoms with E-state index in [0.29, 0.717) is 57.1 Å². The third-order valence-electron chi connectivity index (χ3n) is 7.31. The van der Waals surface area contributed by atoms with Gasteiger partial charge in [0.15, 0.2) is 0 Å². The lowest BCUT2D eigenvalue weighted by Gasteiger charge is -2.22. The maximum absolute atomic E-state index is 12.2. The molecule has 2 aromatic rings. The van der Waals surface area contributed by atoms with Gasteiger partial charge < -0.3 is 18.9 Å². The van der Waals surface area contributed by atoms with Crippen molar-refractivity contribution in [1.29, 1.82) is 0 Å². The third-order valence-corrected chi connectivity index (χ3v) is 7.31. The van der Waals surface area contributed by atoms with Crippen LogP contribution >= 0.6 is 0 Å². The Morgan fingerprint density at radius 3 is 1.31 bits per heavy atom. The van der Waals surface area contributed by atoms with Gasteiger partial charge in [0.25, 0.3) is 0 Å². The highest BCUT2D eigenvalue weighted by atomic mass is 16.6. The van der Waals surface area contributed by atoms with E-state index in [9.17, 15) is 19.4 Å². The molecule has 0 amide bonds. The zero-order valence-electron chi connectivity index (χ0n) is 28.2. The molecule has 0 saturated heterocycles. The topological polar surface area (TPSA) is 130 Å². The lowest BCUT2D eigenvalue weighted by atomic mass is 9.83. The second-order valence-electron chi connectivity index (χ2n) is 13.3. The van der Waals surface area contributed by atoms with Gasteiger partial charge in [-0.25, -0.2) is 0 Å². The number of esters is 2. The van der Waals surface area contributed by atoms with Gasteiger partial charge in [0.05, 0.1) is 13.2 Å². The fourth-order valence-electron chi connectivity index (χ4n) is 4.92. The van der Waals surface area contributed by atoms with Crippen molar-refractivity contribution in [2.75, 3.05) is 39.6 Å². The molecule has 0 N–H and O–H groups in total. The number of hydrogen-bond donors (Lipinski definition) is 0. The number of rotatable bonds is 18. The van der Waals surface area contributed by atoms with E-state index in [1.165, 1.54) is 0 Å². The molecule has 2 aromatic carbocycles. The van der Waals surface area contributed by atoms with Crippen LogP contribution in [0.1, 0.15) is 94.2 Å². The molecule has 248 valence electrons. The fraction of sp³-hybridized carbons (Fsp3) is 0.600. The van der Waals surface area contributed by atoms with Crippen LogP contribution < -0.4 is 0 Å². The summed E-state index contributed by atoms with van der Waals surface area (Å²) in [4.78, 5) is 47.0. The van der Waals surface area contributed by atoms with Crippen LogP contribution in [0, 0.1) is 23.7 Å². The van der Waals surface area contributed by atoms with Crippen LogP contribution in [0.5, 0.6) is 0 Å². The molecule has 2 rings (SSSR count). The van der Waals surface area contributed by atoms with Crippen LogP contribution in [0.25, 0.3) is 0 Å². The third kappa shape index (κ3) is 12.8. The molecular weight excluding hydrogens is 576 g/mol. The zero-order chi connectivity index (χ0) is 33.6. The Hall–Kier alpha value is -3.50. The second-order valence-corrected chi connectivity index (χ2v) is 13.3. The normalized spacial score (nSPS) is 11.7. The van der Waals surface area contributed by atoms with Crippen molar-refractivity contribution >= 4 is 23.3 Å². The molecule has 0 unspecified atom stereocenters. The van der Waals surface area contributed by atoms with Gasteiger partial charge in [0, 0.05) is 26.1 Å². The minimum Gasteiger partial charge on any atom is -0.463 e. The number of nitrogens with zero attached hydrogens (tertiary/aromatic N) is 2. The van der Waals surface area contributed by atoms with Crippen molar-refractivity contribution in [2.45, 2.75) is 98.3 Å². The number of hydrogen-bond acceptors (Lipinski definition) is 10. The van der Waals surface area contributed by atoms with E-state index in [1.54, 1.807) is 0 Å². The maximum Gasteiger partial charge on any atom is 0.306 e. The van der Waals surface area contributed by atoms with E-state index in [4.69, 9.17) is 18.9 Å². The van der Waals surface area contributed by atoms with Crippen molar-refractivity contribution < 1.29 is 28.5 Å². The molecule has 0 spiro atoms. The highest BCUT2D eigenvalue weighted by Gasteiger charge is 2.22. The van der Waals surface area contributed by atoms with E-state index in [0.717, 1.165) is 33.4 Å². The Labute approximate surface area is 267 Å². The first-order chi connectivity index (χ1) is 21.2. The predicted octanol–water partition coefficient (Wildman–Crippen LogP) is 7.77. The molecule has 0 aromatic heterocycles. The number of ether oxygens (including phenoxy) is 4. The summed E-state index contributed by atoms with van der Waals surface area (Å²) in [6.45, 7) is 17.7. The number of carbonyl (C=O) groups excluding carboxylic acids is 2. The number of carbonyl (C=O) groups is 2. The summed E-state index contributed by atoms with van der Waals surface area (Å²) >= 11 is 0. The molecule has 0 radical (unpaired) electrons. The minimum atomic E-state index is -0.304. The molecular formula is C35H50N2O8. The smallest absolute Gasteiger partial charge is 0.306 e. The van der Waals surface area contributed by atoms with Crippen LogP contribution in [0.15, 0.2) is 34.6 Å². The molecule has 0 aliphatic rings. The van der Waals surface area contributed by atoms with E-state index in [1.807, 2.05) is 79.7 Å². The van der Waals surface area contributed by atoms with Gasteiger partial charge >= 0.3 is 11.9 Å². The lowest BCUT2D eigenvalue weighted by Crippen LogP contribution is -2.14. The highest BCUT2D eigenvalue weighted by Crippen LogP contribution is 2.36. The van der Waals surface area contributed by atoms with Gasteiger partial charge in [0.1, 0.15) is 24.6 Å². The van der Waals surface area contributed by atoms with Crippen LogP contribution in [0.3, 0.4) is 0 Å². The Kier molecular flexibility index (Phi) is 14.9. The molecule has 0 heterocycles. The SMILES string of the molecule is Cc1cc(CCC(=O)OCCOCCCOCCOC(=O)CCc2cc(C)c(N=O)c(C(C)(C)C)c2)cc(C(C)(C)C)c1N=O. The first kappa shape index (κ1) is 37.7. The zero-order valence-corrected chi connectivity index (χ0v) is 28.2. The molecule has 0 saturated carbocycles. The quantitative estimate of drug-likeness (QED) is 0.0932. The van der Waals surface area contributed by atoms with Crippen molar-refractivity contribution in [1.82, 2.24) is 0 Å². The Balaban J connectivity index is 1.54. The average Bonchev–Trinajstić information content (AvgIpc) is 2.96. The van der Waals surface area contributed by atoms with E-state index in [-0.39, 0.29) is 48.8 Å².